The molecule has 0 aromatic carbocycles. The largest absolute Gasteiger partial charge is 1.00 e. The fourth-order valence-electron chi connectivity index (χ4n) is 12.6. The van der Waals surface area contributed by atoms with Gasteiger partial charge in [-0.05, 0) is 58.9 Å². The number of aliphatic hydroxyl groups excluding tert-OH is 1. The molecule has 3 saturated heterocycles. The SMILES string of the molecule is CCCCN1C(=O)CCC1=CCC(=O)O[C@@H]1C(O[Si](C(C)C)(C(C)C)C(C)C)[C@H](n2ccc(=O)[nH]c2=O)O[C@@H]1CO.CCCCNC(=O)CCC(=O)CCC(=O)O[C@@H]1C(O[Si](C(C)C)(C(C)C)C(C)C)[C@H](n2ccc(=O)[nH]c2=O)O[C@@H]1CC.[Cl-].[Cl-]. The van der Waals surface area contributed by atoms with Crippen LogP contribution in [-0.4, -0.2) is 132 Å². The molecule has 0 aliphatic carbocycles. The highest BCUT2D eigenvalue weighted by atomic mass is 35.5. The predicted octanol–water partition coefficient (Wildman–Crippen LogP) is 1.97. The fourth-order valence-corrected chi connectivity index (χ4v) is 23.7. The van der Waals surface area contributed by atoms with E-state index in [9.17, 15) is 48.3 Å². The number of aromatic nitrogens is 4. The first-order valence-electron chi connectivity index (χ1n) is 30.2. The van der Waals surface area contributed by atoms with Crippen LogP contribution in [0, 0.1) is 0 Å². The number of ether oxygens (including phenoxy) is 4. The lowest BCUT2D eigenvalue weighted by atomic mass is 10.1. The second-order valence-corrected chi connectivity index (χ2v) is 34.8. The minimum atomic E-state index is -2.60. The van der Waals surface area contributed by atoms with E-state index in [-0.39, 0.29) is 108 Å². The van der Waals surface area contributed by atoms with Gasteiger partial charge < -0.3 is 67.9 Å². The lowest BCUT2D eigenvalue weighted by Gasteiger charge is -2.45. The van der Waals surface area contributed by atoms with Crippen molar-refractivity contribution in [1.82, 2.24) is 29.3 Å². The van der Waals surface area contributed by atoms with Crippen LogP contribution in [0.5, 0.6) is 0 Å². The molecule has 2 unspecified atom stereocenters. The van der Waals surface area contributed by atoms with Gasteiger partial charge in [-0.3, -0.25) is 52.7 Å². The number of aliphatic hydroxyl groups is 1. The third kappa shape index (κ3) is 19.5. The number of nitrogens with one attached hydrogen (secondary N) is 3. The molecule has 5 heterocycles. The Kier molecular flexibility index (Phi) is 31.9. The Labute approximate surface area is 515 Å². The van der Waals surface area contributed by atoms with Crippen LogP contribution in [0.15, 0.2) is 55.5 Å². The van der Waals surface area contributed by atoms with Crippen LogP contribution in [0.3, 0.4) is 0 Å². The maximum Gasteiger partial charge on any atom is 0.330 e. The summed E-state index contributed by atoms with van der Waals surface area (Å²) >= 11 is 0. The zero-order valence-corrected chi connectivity index (χ0v) is 56.3. The maximum atomic E-state index is 13.2. The van der Waals surface area contributed by atoms with Gasteiger partial charge in [0.05, 0.1) is 25.6 Å². The Morgan fingerprint density at radius 3 is 1.52 bits per heavy atom. The number of Topliss-reactive ketones (excluding diaryl/α,β-unsaturated/α-hetero) is 1. The molecule has 85 heavy (non-hydrogen) atoms. The first-order chi connectivity index (χ1) is 39.1. The Morgan fingerprint density at radius 1 is 0.635 bits per heavy atom. The van der Waals surface area contributed by atoms with Gasteiger partial charge in [0.2, 0.25) is 28.4 Å². The second-order valence-electron chi connectivity index (χ2n) is 24.0. The summed E-state index contributed by atoms with van der Waals surface area (Å²) in [5.74, 6) is -1.43. The van der Waals surface area contributed by atoms with E-state index in [1.807, 2.05) is 13.8 Å². The molecule has 484 valence electrons. The first kappa shape index (κ1) is 76.6. The van der Waals surface area contributed by atoms with Crippen molar-refractivity contribution < 1.29 is 81.7 Å². The number of hydrogen-bond donors (Lipinski definition) is 4. The third-order valence-corrected chi connectivity index (χ3v) is 28.8. The van der Waals surface area contributed by atoms with Crippen molar-refractivity contribution >= 4 is 46.2 Å². The second kappa shape index (κ2) is 35.5. The standard InChI is InChI=1S/C30H51N3O8Si.C29H47N3O8Si.2ClH/c1-9-11-17-31-24(35)14-12-22(34)13-15-26(37)40-27-23(10-2)39-29(33-18-16-25(36)32-30(33)38)28(27)41-42(19(3)4,20(5)6)21(7)8;1-8-9-15-31-21(10-12-24(31)35)11-13-25(36)39-26-22(17-33)38-28(32-16-14-23(34)30-29(32)37)27(26)40-41(18(2)3,19(4)5)20(6)7;;/h16,18-21,23,27-29H,9-15,17H2,1-8H3,(H,31,35)(H,32,36,38);11,14,16,18-20,22,26-28,33H,8-10,12-13,15,17H2,1-7H3,(H,30,34,37);2*1H/p-2/t23-,27+,28?,29-;22-,26+,27?,28-;;/m11../s1. The molecular formula is C59H98Cl2N6O16Si2-2. The highest BCUT2D eigenvalue weighted by Crippen LogP contribution is 2.48. The molecule has 0 radical (unpaired) electrons. The lowest BCUT2D eigenvalue weighted by molar-refractivity contribution is -0.156. The molecule has 3 aliphatic heterocycles. The average Bonchev–Trinajstić information content (AvgIpc) is 3.54. The number of aromatic amines is 2. The molecule has 2 aromatic heterocycles. The number of esters is 2. The molecule has 2 aromatic rings. The van der Waals surface area contributed by atoms with Gasteiger partial charge in [-0.15, -0.1) is 0 Å². The molecular weight excluding hydrogens is 1180 g/mol. The molecule has 3 aliphatic rings. The Morgan fingerprint density at radius 2 is 1.08 bits per heavy atom. The smallest absolute Gasteiger partial charge is 0.330 e. The van der Waals surface area contributed by atoms with Gasteiger partial charge in [-0.25, -0.2) is 9.59 Å². The lowest BCUT2D eigenvalue weighted by Crippen LogP contribution is -3.00. The van der Waals surface area contributed by atoms with Crippen molar-refractivity contribution in [2.45, 2.75) is 263 Å². The van der Waals surface area contributed by atoms with Gasteiger partial charge in [0, 0.05) is 69.0 Å². The molecule has 5 rings (SSSR count). The van der Waals surface area contributed by atoms with E-state index in [0.717, 1.165) is 31.4 Å². The van der Waals surface area contributed by atoms with Crippen LogP contribution in [-0.2, 0) is 51.8 Å². The first-order valence-corrected chi connectivity index (χ1v) is 34.5. The molecule has 0 bridgehead atoms. The van der Waals surface area contributed by atoms with Gasteiger partial charge in [0.15, 0.2) is 24.7 Å². The third-order valence-electron chi connectivity index (χ3n) is 16.6. The van der Waals surface area contributed by atoms with Gasteiger partial charge in [0.25, 0.3) is 11.1 Å². The number of allylic oxidation sites excluding steroid dienone is 1. The van der Waals surface area contributed by atoms with Gasteiger partial charge >= 0.3 is 23.3 Å². The zero-order valence-electron chi connectivity index (χ0n) is 52.7. The number of unbranched alkanes of at least 4 members (excludes halogenated alkanes) is 2. The molecule has 8 atom stereocenters. The number of amides is 2. The molecule has 26 heteroatoms. The van der Waals surface area contributed by atoms with Gasteiger partial charge in [-0.2, -0.15) is 0 Å². The minimum Gasteiger partial charge on any atom is -1.00 e. The predicted molar refractivity (Wildman–Crippen MR) is 319 cm³/mol. The summed E-state index contributed by atoms with van der Waals surface area (Å²) in [5, 5.41) is 13.0. The Balaban J connectivity index is 0.000000567. The molecule has 4 N–H and O–H groups in total. The average molecular weight is 1270 g/mol. The minimum absolute atomic E-state index is 0. The number of likely N-dealkylation sites (tertiary alicyclic amines) is 1. The van der Waals surface area contributed by atoms with E-state index in [0.29, 0.717) is 32.4 Å². The number of halogens is 2. The summed E-state index contributed by atoms with van der Waals surface area (Å²) in [5.41, 5.74) is -0.427. The number of nitrogens with zero attached hydrogens (tertiary/aromatic N) is 3. The fraction of sp³-hybridized carbons (Fsp3) is 0.746. The summed E-state index contributed by atoms with van der Waals surface area (Å²) in [6.45, 7) is 32.3. The number of rotatable bonds is 30. The zero-order chi connectivity index (χ0) is 62.1. The molecule has 22 nitrogen and oxygen atoms in total. The van der Waals surface area contributed by atoms with Gasteiger partial charge in [-0.1, -0.05) is 123 Å². The molecule has 0 spiro atoms. The number of H-pyrrole nitrogens is 2. The Hall–Kier alpha value is -4.54. The van der Waals surface area contributed by atoms with Crippen LogP contribution >= 0.6 is 0 Å². The topological polar surface area (TPSA) is 286 Å². The van der Waals surface area contributed by atoms with E-state index in [2.05, 4.69) is 105 Å². The van der Waals surface area contributed by atoms with Crippen LogP contribution < -0.4 is 52.6 Å². The quantitative estimate of drug-likeness (QED) is 0.0494. The number of carbonyl (C=O) groups excluding carboxylic acids is 5. The highest BCUT2D eigenvalue weighted by Gasteiger charge is 2.57. The van der Waals surface area contributed by atoms with Gasteiger partial charge in [0.1, 0.15) is 24.1 Å². The van der Waals surface area contributed by atoms with E-state index >= 15 is 0 Å². The monoisotopic (exact) mass is 1270 g/mol. The summed E-state index contributed by atoms with van der Waals surface area (Å²) in [6, 6.07) is 2.46. The van der Waals surface area contributed by atoms with Crippen LogP contribution in [0.2, 0.25) is 33.2 Å². The highest BCUT2D eigenvalue weighted by molar-refractivity contribution is 6.78. The van der Waals surface area contributed by atoms with Crippen molar-refractivity contribution in [3.8, 4) is 0 Å². The van der Waals surface area contributed by atoms with E-state index in [4.69, 9.17) is 27.8 Å². The van der Waals surface area contributed by atoms with Crippen molar-refractivity contribution in [3.63, 3.8) is 0 Å². The number of ketones is 1. The van der Waals surface area contributed by atoms with Crippen molar-refractivity contribution in [1.29, 1.82) is 0 Å². The van der Waals surface area contributed by atoms with Crippen molar-refractivity contribution in [3.05, 3.63) is 78.0 Å². The maximum absolute atomic E-state index is 13.2. The van der Waals surface area contributed by atoms with Crippen molar-refractivity contribution in [2.75, 3.05) is 19.7 Å². The summed E-state index contributed by atoms with van der Waals surface area (Å²) in [7, 11) is -5.15. The van der Waals surface area contributed by atoms with Crippen LogP contribution in [0.1, 0.15) is 193 Å². The normalized spacial score (nSPS) is 22.1. The van der Waals surface area contributed by atoms with Crippen LogP contribution in [0.25, 0.3) is 0 Å². The van der Waals surface area contributed by atoms with E-state index < -0.39 is 107 Å². The molecule has 3 fully saturated rings. The van der Waals surface area contributed by atoms with Crippen molar-refractivity contribution in [2.24, 2.45) is 0 Å². The summed E-state index contributed by atoms with van der Waals surface area (Å²) in [6.07, 6.45) is 2.52. The summed E-state index contributed by atoms with van der Waals surface area (Å²) in [4.78, 5) is 118. The van der Waals surface area contributed by atoms with E-state index in [1.54, 1.807) is 11.0 Å². The summed E-state index contributed by atoms with van der Waals surface area (Å²) < 4.78 is 41.0. The number of carbonyl (C=O) groups is 5. The van der Waals surface area contributed by atoms with E-state index in [1.165, 1.54) is 33.7 Å². The Bertz CT molecular complexity index is 2700. The molecule has 0 saturated carbocycles. The molecule has 2 amide bonds. The number of hydrogen-bond acceptors (Lipinski definition) is 16. The van der Waals surface area contributed by atoms with Crippen LogP contribution in [0.4, 0.5) is 0 Å².